The van der Waals surface area contributed by atoms with E-state index in [1.165, 1.54) is 11.8 Å². The number of sulfone groups is 1. The van der Waals surface area contributed by atoms with Crippen molar-refractivity contribution in [3.8, 4) is 0 Å². The average Bonchev–Trinajstić information content (AvgIpc) is 2.48. The Bertz CT molecular complexity index is 839. The highest BCUT2D eigenvalue weighted by atomic mass is 32.2. The van der Waals surface area contributed by atoms with E-state index in [1.54, 1.807) is 36.2 Å². The van der Waals surface area contributed by atoms with Gasteiger partial charge in [0.15, 0.2) is 9.84 Å². The predicted molar refractivity (Wildman–Crippen MR) is 96.7 cm³/mol. The van der Waals surface area contributed by atoms with E-state index in [4.69, 9.17) is 0 Å². The Kier molecular flexibility index (Phi) is 5.44. The monoisotopic (exact) mass is 345 g/mol. The van der Waals surface area contributed by atoms with Crippen LogP contribution in [0.1, 0.15) is 32.6 Å². The summed E-state index contributed by atoms with van der Waals surface area (Å²) in [6.07, 6.45) is 1.20. The van der Waals surface area contributed by atoms with Crippen molar-refractivity contribution in [3.63, 3.8) is 0 Å². The normalized spacial score (nSPS) is 11.3. The molecule has 0 aliphatic heterocycles. The average molecular weight is 345 g/mol. The quantitative estimate of drug-likeness (QED) is 0.837. The standard InChI is InChI=1S/C19H23NO3S/c1-14-5-8-18(15(2)11-14)12-20(3)19(21)17-9-6-16(7-10-17)13-24(4,22)23/h5-11H,12-13H2,1-4H3. The second kappa shape index (κ2) is 7.18. The molecule has 2 rings (SSSR count). The highest BCUT2D eigenvalue weighted by Gasteiger charge is 2.13. The number of rotatable bonds is 5. The van der Waals surface area contributed by atoms with Gasteiger partial charge in [-0.2, -0.15) is 0 Å². The first-order valence-electron chi connectivity index (χ1n) is 7.74. The fourth-order valence-corrected chi connectivity index (χ4v) is 3.42. The van der Waals surface area contributed by atoms with Crippen LogP contribution in [-0.2, 0) is 22.1 Å². The van der Waals surface area contributed by atoms with Crippen LogP contribution < -0.4 is 0 Å². The minimum absolute atomic E-state index is 0.0140. The Morgan fingerprint density at radius 1 is 1.04 bits per heavy atom. The first-order valence-corrected chi connectivity index (χ1v) is 9.80. The maximum absolute atomic E-state index is 12.5. The third-order valence-corrected chi connectivity index (χ3v) is 4.74. The SMILES string of the molecule is Cc1ccc(CN(C)C(=O)c2ccc(CS(C)(=O)=O)cc2)c(C)c1. The number of benzene rings is 2. The number of amides is 1. The third-order valence-electron chi connectivity index (χ3n) is 3.88. The van der Waals surface area contributed by atoms with Crippen LogP contribution >= 0.6 is 0 Å². The molecule has 5 heteroatoms. The Morgan fingerprint density at radius 3 is 2.21 bits per heavy atom. The number of hydrogen-bond acceptors (Lipinski definition) is 3. The van der Waals surface area contributed by atoms with Gasteiger partial charge < -0.3 is 4.90 Å². The molecule has 0 unspecified atom stereocenters. The van der Waals surface area contributed by atoms with Crippen molar-refractivity contribution in [2.24, 2.45) is 0 Å². The van der Waals surface area contributed by atoms with Gasteiger partial charge in [-0.05, 0) is 42.7 Å². The van der Waals surface area contributed by atoms with Gasteiger partial charge in [0, 0.05) is 25.4 Å². The lowest BCUT2D eigenvalue weighted by atomic mass is 10.0. The Hall–Kier alpha value is -2.14. The van der Waals surface area contributed by atoms with Crippen molar-refractivity contribution < 1.29 is 13.2 Å². The zero-order chi connectivity index (χ0) is 17.9. The van der Waals surface area contributed by atoms with Crippen LogP contribution in [0.3, 0.4) is 0 Å². The summed E-state index contributed by atoms with van der Waals surface area (Å²) < 4.78 is 22.6. The Balaban J connectivity index is 2.10. The van der Waals surface area contributed by atoms with E-state index in [-0.39, 0.29) is 11.7 Å². The number of carbonyl (C=O) groups excluding carboxylic acids is 1. The van der Waals surface area contributed by atoms with Gasteiger partial charge in [0.05, 0.1) is 5.75 Å². The molecular weight excluding hydrogens is 322 g/mol. The van der Waals surface area contributed by atoms with E-state index in [0.29, 0.717) is 17.7 Å². The van der Waals surface area contributed by atoms with E-state index in [0.717, 1.165) is 11.1 Å². The van der Waals surface area contributed by atoms with Gasteiger partial charge in [0.2, 0.25) is 0 Å². The minimum Gasteiger partial charge on any atom is -0.337 e. The van der Waals surface area contributed by atoms with E-state index >= 15 is 0 Å². The number of hydrogen-bond donors (Lipinski definition) is 0. The second-order valence-electron chi connectivity index (χ2n) is 6.36. The van der Waals surface area contributed by atoms with Crippen LogP contribution in [0.25, 0.3) is 0 Å². The topological polar surface area (TPSA) is 54.5 Å². The van der Waals surface area contributed by atoms with E-state index in [2.05, 4.69) is 6.07 Å². The van der Waals surface area contributed by atoms with E-state index in [9.17, 15) is 13.2 Å². The molecule has 1 amide bonds. The number of carbonyl (C=O) groups is 1. The lowest BCUT2D eigenvalue weighted by molar-refractivity contribution is 0.0785. The molecule has 0 aliphatic rings. The molecule has 24 heavy (non-hydrogen) atoms. The fraction of sp³-hybridized carbons (Fsp3) is 0.316. The summed E-state index contributed by atoms with van der Waals surface area (Å²) >= 11 is 0. The van der Waals surface area contributed by atoms with Crippen LogP contribution in [0.2, 0.25) is 0 Å². The first-order chi connectivity index (χ1) is 11.2. The zero-order valence-corrected chi connectivity index (χ0v) is 15.4. The molecule has 0 radical (unpaired) electrons. The van der Waals surface area contributed by atoms with Crippen molar-refractivity contribution in [1.82, 2.24) is 4.90 Å². The van der Waals surface area contributed by atoms with Crippen LogP contribution in [-0.4, -0.2) is 32.5 Å². The first kappa shape index (κ1) is 18.2. The minimum atomic E-state index is -3.07. The zero-order valence-electron chi connectivity index (χ0n) is 14.5. The second-order valence-corrected chi connectivity index (χ2v) is 8.50. The lowest BCUT2D eigenvalue weighted by Gasteiger charge is -2.19. The molecule has 0 saturated heterocycles. The van der Waals surface area contributed by atoms with E-state index < -0.39 is 9.84 Å². The van der Waals surface area contributed by atoms with Crippen LogP contribution in [0.4, 0.5) is 0 Å². The molecule has 0 spiro atoms. The van der Waals surface area contributed by atoms with Gasteiger partial charge in [-0.3, -0.25) is 4.79 Å². The van der Waals surface area contributed by atoms with Gasteiger partial charge in [-0.25, -0.2) is 8.42 Å². The van der Waals surface area contributed by atoms with Crippen LogP contribution in [0.5, 0.6) is 0 Å². The highest BCUT2D eigenvalue weighted by molar-refractivity contribution is 7.89. The molecule has 0 bridgehead atoms. The Labute approximate surface area is 144 Å². The maximum Gasteiger partial charge on any atom is 0.253 e. The Morgan fingerprint density at radius 2 is 1.67 bits per heavy atom. The van der Waals surface area contributed by atoms with Crippen molar-refractivity contribution in [2.45, 2.75) is 26.1 Å². The molecule has 0 saturated carbocycles. The number of aryl methyl sites for hydroxylation is 2. The van der Waals surface area contributed by atoms with Gasteiger partial charge in [-0.15, -0.1) is 0 Å². The fourth-order valence-electron chi connectivity index (χ4n) is 2.62. The van der Waals surface area contributed by atoms with Crippen molar-refractivity contribution >= 4 is 15.7 Å². The molecule has 0 atom stereocenters. The van der Waals surface area contributed by atoms with Gasteiger partial charge in [0.1, 0.15) is 0 Å². The molecule has 4 nitrogen and oxygen atoms in total. The largest absolute Gasteiger partial charge is 0.337 e. The molecule has 0 heterocycles. The smallest absolute Gasteiger partial charge is 0.253 e. The molecule has 2 aromatic carbocycles. The summed E-state index contributed by atoms with van der Waals surface area (Å²) in [6, 6.07) is 12.9. The summed E-state index contributed by atoms with van der Waals surface area (Å²) in [4.78, 5) is 14.2. The molecule has 128 valence electrons. The van der Waals surface area contributed by atoms with Gasteiger partial charge in [0.25, 0.3) is 5.91 Å². The van der Waals surface area contributed by atoms with Crippen molar-refractivity contribution in [2.75, 3.05) is 13.3 Å². The number of nitrogens with zero attached hydrogens (tertiary/aromatic N) is 1. The predicted octanol–water partition coefficient (Wildman–Crippen LogP) is 3.12. The molecule has 0 fully saturated rings. The lowest BCUT2D eigenvalue weighted by Crippen LogP contribution is -2.26. The summed E-state index contributed by atoms with van der Waals surface area (Å²) in [7, 11) is -1.30. The summed E-state index contributed by atoms with van der Waals surface area (Å²) in [5.74, 6) is -0.0965. The molecule has 0 aromatic heterocycles. The molecular formula is C19H23NO3S. The summed E-state index contributed by atoms with van der Waals surface area (Å²) in [6.45, 7) is 4.63. The van der Waals surface area contributed by atoms with Crippen LogP contribution in [0, 0.1) is 13.8 Å². The van der Waals surface area contributed by atoms with Gasteiger partial charge in [-0.1, -0.05) is 35.9 Å². The molecule has 0 N–H and O–H groups in total. The highest BCUT2D eigenvalue weighted by Crippen LogP contribution is 2.15. The summed E-state index contributed by atoms with van der Waals surface area (Å²) in [5.41, 5.74) is 4.72. The van der Waals surface area contributed by atoms with E-state index in [1.807, 2.05) is 26.0 Å². The molecule has 2 aromatic rings. The molecule has 0 aliphatic carbocycles. The van der Waals surface area contributed by atoms with Crippen molar-refractivity contribution in [3.05, 3.63) is 70.3 Å². The third kappa shape index (κ3) is 4.93. The maximum atomic E-state index is 12.5. The van der Waals surface area contributed by atoms with Crippen molar-refractivity contribution in [1.29, 1.82) is 0 Å². The van der Waals surface area contributed by atoms with Crippen LogP contribution in [0.15, 0.2) is 42.5 Å². The summed E-state index contributed by atoms with van der Waals surface area (Å²) in [5, 5.41) is 0. The van der Waals surface area contributed by atoms with Gasteiger partial charge >= 0.3 is 0 Å².